The molecule has 30 heavy (non-hydrogen) atoms. The summed E-state index contributed by atoms with van der Waals surface area (Å²) >= 11 is 1.60. The van der Waals surface area contributed by atoms with E-state index in [1.807, 2.05) is 44.5 Å². The predicted molar refractivity (Wildman–Crippen MR) is 115 cm³/mol. The van der Waals surface area contributed by atoms with E-state index in [1.165, 1.54) is 6.07 Å². The SMILES string of the molecule is CC.Cn1nc(-c2cccs2)cc1-c1ccc(NC(=O)c2c(F)cccc2F)nc1. The molecule has 0 unspecified atom stereocenters. The monoisotopic (exact) mass is 426 g/mol. The van der Waals surface area contributed by atoms with Crippen LogP contribution < -0.4 is 5.32 Å². The van der Waals surface area contributed by atoms with Gasteiger partial charge < -0.3 is 5.32 Å². The molecule has 4 aromatic rings. The van der Waals surface area contributed by atoms with Crippen molar-refractivity contribution in [2.75, 3.05) is 5.32 Å². The van der Waals surface area contributed by atoms with E-state index in [-0.39, 0.29) is 5.82 Å². The first-order valence-electron chi connectivity index (χ1n) is 9.32. The van der Waals surface area contributed by atoms with Gasteiger partial charge in [-0.2, -0.15) is 5.10 Å². The van der Waals surface area contributed by atoms with Crippen molar-refractivity contribution in [2.45, 2.75) is 13.8 Å². The Kier molecular flexibility index (Phi) is 6.68. The van der Waals surface area contributed by atoms with Gasteiger partial charge in [0.25, 0.3) is 5.91 Å². The molecular weight excluding hydrogens is 406 g/mol. The maximum absolute atomic E-state index is 13.7. The molecule has 8 heteroatoms. The van der Waals surface area contributed by atoms with Crippen LogP contribution in [-0.4, -0.2) is 20.7 Å². The Balaban J connectivity index is 0.00000124. The second-order valence-electron chi connectivity index (χ2n) is 6.00. The van der Waals surface area contributed by atoms with Crippen molar-refractivity contribution in [2.24, 2.45) is 7.05 Å². The van der Waals surface area contributed by atoms with Gasteiger partial charge in [-0.3, -0.25) is 9.48 Å². The van der Waals surface area contributed by atoms with Gasteiger partial charge in [0.2, 0.25) is 0 Å². The van der Waals surface area contributed by atoms with Crippen LogP contribution in [-0.2, 0) is 7.05 Å². The zero-order chi connectivity index (χ0) is 21.7. The third-order valence-electron chi connectivity index (χ3n) is 4.14. The Labute approximate surface area is 177 Å². The van der Waals surface area contributed by atoms with Gasteiger partial charge in [-0.15, -0.1) is 11.3 Å². The Bertz CT molecular complexity index is 1120. The molecule has 0 aliphatic heterocycles. The fourth-order valence-corrected chi connectivity index (χ4v) is 3.48. The predicted octanol–water partition coefficient (Wildman–Crippen LogP) is 5.77. The molecule has 0 radical (unpaired) electrons. The van der Waals surface area contributed by atoms with E-state index in [0.717, 1.165) is 34.0 Å². The number of aryl methyl sites for hydroxylation is 1. The minimum absolute atomic E-state index is 0.192. The average molecular weight is 426 g/mol. The lowest BCUT2D eigenvalue weighted by Crippen LogP contribution is -2.16. The molecule has 0 atom stereocenters. The zero-order valence-electron chi connectivity index (χ0n) is 16.7. The number of amides is 1. The molecule has 5 nitrogen and oxygen atoms in total. The fourth-order valence-electron chi connectivity index (χ4n) is 2.80. The van der Waals surface area contributed by atoms with E-state index in [2.05, 4.69) is 15.4 Å². The Morgan fingerprint density at radius 1 is 1.07 bits per heavy atom. The first kappa shape index (κ1) is 21.3. The second kappa shape index (κ2) is 9.41. The maximum Gasteiger partial charge on any atom is 0.262 e. The van der Waals surface area contributed by atoms with Gasteiger partial charge in [-0.1, -0.05) is 26.0 Å². The van der Waals surface area contributed by atoms with Crippen molar-refractivity contribution in [1.29, 1.82) is 0 Å². The van der Waals surface area contributed by atoms with Crippen LogP contribution in [0, 0.1) is 11.6 Å². The number of halogens is 2. The summed E-state index contributed by atoms with van der Waals surface area (Å²) in [5.41, 5.74) is 1.88. The van der Waals surface area contributed by atoms with Crippen LogP contribution in [0.1, 0.15) is 24.2 Å². The van der Waals surface area contributed by atoms with Gasteiger partial charge in [0.1, 0.15) is 28.7 Å². The zero-order valence-corrected chi connectivity index (χ0v) is 17.5. The van der Waals surface area contributed by atoms with E-state index >= 15 is 0 Å². The van der Waals surface area contributed by atoms with Crippen molar-refractivity contribution < 1.29 is 13.6 Å². The highest BCUT2D eigenvalue weighted by Gasteiger charge is 2.17. The van der Waals surface area contributed by atoms with Crippen LogP contribution in [0.15, 0.2) is 60.1 Å². The Morgan fingerprint density at radius 2 is 1.80 bits per heavy atom. The van der Waals surface area contributed by atoms with Gasteiger partial charge in [0, 0.05) is 18.8 Å². The summed E-state index contributed by atoms with van der Waals surface area (Å²) in [6.07, 6.45) is 1.57. The summed E-state index contributed by atoms with van der Waals surface area (Å²) < 4.78 is 29.2. The molecule has 154 valence electrons. The summed E-state index contributed by atoms with van der Waals surface area (Å²) in [5, 5.41) is 8.90. The second-order valence-corrected chi connectivity index (χ2v) is 6.95. The van der Waals surface area contributed by atoms with Gasteiger partial charge in [0.05, 0.1) is 10.6 Å². The minimum atomic E-state index is -0.926. The molecular formula is C22H20F2N4OS. The molecule has 3 aromatic heterocycles. The summed E-state index contributed by atoms with van der Waals surface area (Å²) in [5.74, 6) is -2.55. The molecule has 0 fully saturated rings. The van der Waals surface area contributed by atoms with E-state index in [9.17, 15) is 13.6 Å². The molecule has 0 aliphatic rings. The number of anilines is 1. The standard InChI is InChI=1S/C20H14F2N4OS.C2H6/c1-26-16(10-15(25-26)17-6-3-9-28-17)12-7-8-18(23-11-12)24-20(27)19-13(21)4-2-5-14(19)22;1-2/h2-11H,1H3,(H,23,24,27);1-2H3. The number of hydrogen-bond acceptors (Lipinski definition) is 4. The number of benzene rings is 1. The third-order valence-corrected chi connectivity index (χ3v) is 5.04. The number of rotatable bonds is 4. The molecule has 0 bridgehead atoms. The highest BCUT2D eigenvalue weighted by Crippen LogP contribution is 2.28. The van der Waals surface area contributed by atoms with Crippen LogP contribution in [0.3, 0.4) is 0 Å². The van der Waals surface area contributed by atoms with Crippen LogP contribution >= 0.6 is 11.3 Å². The lowest BCUT2D eigenvalue weighted by Gasteiger charge is -2.07. The van der Waals surface area contributed by atoms with Crippen LogP contribution in [0.5, 0.6) is 0 Å². The summed E-state index contributed by atoms with van der Waals surface area (Å²) in [6.45, 7) is 4.00. The number of aromatic nitrogens is 3. The van der Waals surface area contributed by atoms with E-state index < -0.39 is 23.1 Å². The van der Waals surface area contributed by atoms with E-state index in [1.54, 1.807) is 34.3 Å². The lowest BCUT2D eigenvalue weighted by molar-refractivity contribution is 0.101. The molecule has 0 saturated heterocycles. The minimum Gasteiger partial charge on any atom is -0.306 e. The van der Waals surface area contributed by atoms with Crippen molar-refractivity contribution in [3.05, 3.63) is 77.3 Å². The molecule has 0 aliphatic carbocycles. The average Bonchev–Trinajstić information content (AvgIpc) is 3.40. The van der Waals surface area contributed by atoms with Crippen molar-refractivity contribution in [3.63, 3.8) is 0 Å². The van der Waals surface area contributed by atoms with Gasteiger partial charge >= 0.3 is 0 Å². The van der Waals surface area contributed by atoms with Gasteiger partial charge in [0.15, 0.2) is 0 Å². The largest absolute Gasteiger partial charge is 0.306 e. The van der Waals surface area contributed by atoms with Crippen LogP contribution in [0.4, 0.5) is 14.6 Å². The molecule has 1 N–H and O–H groups in total. The smallest absolute Gasteiger partial charge is 0.262 e. The summed E-state index contributed by atoms with van der Waals surface area (Å²) in [6, 6.07) is 12.5. The van der Waals surface area contributed by atoms with Crippen molar-refractivity contribution >= 4 is 23.1 Å². The third kappa shape index (κ3) is 4.44. The highest BCUT2D eigenvalue weighted by atomic mass is 32.1. The van der Waals surface area contributed by atoms with E-state index in [0.29, 0.717) is 0 Å². The fraction of sp³-hybridized carbons (Fsp3) is 0.136. The van der Waals surface area contributed by atoms with Crippen molar-refractivity contribution in [1.82, 2.24) is 14.8 Å². The summed E-state index contributed by atoms with van der Waals surface area (Å²) in [4.78, 5) is 17.4. The normalized spacial score (nSPS) is 10.3. The number of thiophene rings is 1. The Hall–Kier alpha value is -3.39. The molecule has 4 rings (SSSR count). The van der Waals surface area contributed by atoms with Gasteiger partial charge in [-0.25, -0.2) is 13.8 Å². The number of nitrogens with one attached hydrogen (secondary N) is 1. The molecule has 0 spiro atoms. The molecule has 3 heterocycles. The number of hydrogen-bond donors (Lipinski definition) is 1. The molecule has 1 aromatic carbocycles. The highest BCUT2D eigenvalue weighted by molar-refractivity contribution is 7.13. The Morgan fingerprint density at radius 3 is 2.40 bits per heavy atom. The number of pyridine rings is 1. The van der Waals surface area contributed by atoms with Crippen LogP contribution in [0.25, 0.3) is 21.8 Å². The molecule has 1 amide bonds. The van der Waals surface area contributed by atoms with Crippen LogP contribution in [0.2, 0.25) is 0 Å². The van der Waals surface area contributed by atoms with Crippen molar-refractivity contribution in [3.8, 4) is 21.8 Å². The number of carbonyl (C=O) groups excluding carboxylic acids is 1. The van der Waals surface area contributed by atoms with E-state index in [4.69, 9.17) is 0 Å². The number of carbonyl (C=O) groups is 1. The van der Waals surface area contributed by atoms with Gasteiger partial charge in [-0.05, 0) is 41.8 Å². The molecule has 0 saturated carbocycles. The lowest BCUT2D eigenvalue weighted by atomic mass is 10.1. The first-order valence-corrected chi connectivity index (χ1v) is 10.2. The first-order chi connectivity index (χ1) is 14.5. The quantitative estimate of drug-likeness (QED) is 0.451. The number of nitrogens with zero attached hydrogens (tertiary/aromatic N) is 3. The maximum atomic E-state index is 13.7. The topological polar surface area (TPSA) is 59.8 Å². The summed E-state index contributed by atoms with van der Waals surface area (Å²) in [7, 11) is 1.84.